The van der Waals surface area contributed by atoms with Crippen molar-refractivity contribution < 1.29 is 9.66 Å². The van der Waals surface area contributed by atoms with E-state index in [1.807, 2.05) is 0 Å². The summed E-state index contributed by atoms with van der Waals surface area (Å²) in [5.41, 5.74) is 5.13. The van der Waals surface area contributed by atoms with Crippen molar-refractivity contribution in [1.29, 1.82) is 0 Å². The fraction of sp³-hybridized carbons (Fsp3) is 0. The van der Waals surface area contributed by atoms with Gasteiger partial charge in [0.05, 0.1) is 4.92 Å². The number of halogens is 2. The van der Waals surface area contributed by atoms with Crippen molar-refractivity contribution in [3.05, 3.63) is 38.6 Å². The smallest absolute Gasteiger partial charge is 0.328 e. The van der Waals surface area contributed by atoms with E-state index >= 15 is 0 Å². The van der Waals surface area contributed by atoms with Gasteiger partial charge in [0, 0.05) is 12.1 Å². The van der Waals surface area contributed by atoms with Gasteiger partial charge >= 0.3 is 6.01 Å². The lowest BCUT2D eigenvalue weighted by molar-refractivity contribution is -0.384. The molecule has 0 amide bonds. The van der Waals surface area contributed by atoms with Crippen LogP contribution >= 0.6 is 23.2 Å². The molecular weight excluding hydrogens is 297 g/mol. The molecule has 0 aliphatic heterocycles. The van der Waals surface area contributed by atoms with E-state index in [1.54, 1.807) is 0 Å². The van der Waals surface area contributed by atoms with Gasteiger partial charge in [-0.3, -0.25) is 10.1 Å². The summed E-state index contributed by atoms with van der Waals surface area (Å²) in [7, 11) is 0. The minimum absolute atomic E-state index is 0.0735. The zero-order valence-corrected chi connectivity index (χ0v) is 10.6. The van der Waals surface area contributed by atoms with Crippen LogP contribution in [0.2, 0.25) is 10.3 Å². The minimum atomic E-state index is -0.607. The Morgan fingerprint density at radius 3 is 2.58 bits per heavy atom. The number of anilines is 1. The average molecular weight is 302 g/mol. The van der Waals surface area contributed by atoms with E-state index in [2.05, 4.69) is 15.0 Å². The molecule has 0 unspecified atom stereocenters. The van der Waals surface area contributed by atoms with Crippen LogP contribution in [-0.2, 0) is 0 Å². The standard InChI is InChI=1S/C9H5Cl2N5O3/c10-5-3-4(1-2-6(5)16(17)18)19-9-14-7(11)13-8(12)15-9/h1-3H,(H2,12,13,14,15). The number of aromatic nitrogens is 3. The molecule has 10 heteroatoms. The Hall–Kier alpha value is -2.19. The van der Waals surface area contributed by atoms with Crippen LogP contribution in [0.1, 0.15) is 0 Å². The van der Waals surface area contributed by atoms with Crippen molar-refractivity contribution >= 4 is 34.8 Å². The van der Waals surface area contributed by atoms with Crippen molar-refractivity contribution in [2.75, 3.05) is 5.73 Å². The topological polar surface area (TPSA) is 117 Å². The number of nitrogens with zero attached hydrogens (tertiary/aromatic N) is 4. The quantitative estimate of drug-likeness (QED) is 0.683. The zero-order valence-electron chi connectivity index (χ0n) is 9.08. The highest BCUT2D eigenvalue weighted by molar-refractivity contribution is 6.32. The first-order chi connectivity index (χ1) is 8.95. The van der Waals surface area contributed by atoms with Gasteiger partial charge < -0.3 is 10.5 Å². The van der Waals surface area contributed by atoms with Crippen molar-refractivity contribution in [3.63, 3.8) is 0 Å². The lowest BCUT2D eigenvalue weighted by atomic mass is 10.3. The van der Waals surface area contributed by atoms with E-state index < -0.39 is 4.92 Å². The van der Waals surface area contributed by atoms with Crippen LogP contribution < -0.4 is 10.5 Å². The molecule has 0 saturated carbocycles. The largest absolute Gasteiger partial charge is 0.424 e. The Balaban J connectivity index is 2.28. The summed E-state index contributed by atoms with van der Waals surface area (Å²) in [6, 6.07) is 3.66. The van der Waals surface area contributed by atoms with E-state index in [4.69, 9.17) is 33.7 Å². The molecule has 0 aliphatic carbocycles. The first kappa shape index (κ1) is 13.2. The number of hydrogen-bond acceptors (Lipinski definition) is 7. The highest BCUT2D eigenvalue weighted by Gasteiger charge is 2.14. The van der Waals surface area contributed by atoms with Crippen LogP contribution in [0.3, 0.4) is 0 Å². The lowest BCUT2D eigenvalue weighted by Crippen LogP contribution is -2.00. The summed E-state index contributed by atoms with van der Waals surface area (Å²) in [6.07, 6.45) is 0. The number of nitrogens with two attached hydrogens (primary N) is 1. The number of benzene rings is 1. The summed E-state index contributed by atoms with van der Waals surface area (Å²) in [6.45, 7) is 0. The SMILES string of the molecule is Nc1nc(Cl)nc(Oc2ccc([N+](=O)[O-])c(Cl)c2)n1. The highest BCUT2D eigenvalue weighted by Crippen LogP contribution is 2.30. The summed E-state index contributed by atoms with van der Waals surface area (Å²) < 4.78 is 5.22. The van der Waals surface area contributed by atoms with Crippen LogP contribution in [0.15, 0.2) is 18.2 Å². The molecule has 0 radical (unpaired) electrons. The Morgan fingerprint density at radius 1 is 1.26 bits per heavy atom. The van der Waals surface area contributed by atoms with Gasteiger partial charge in [0.25, 0.3) is 5.69 Å². The predicted molar refractivity (Wildman–Crippen MR) is 67.4 cm³/mol. The van der Waals surface area contributed by atoms with Crippen molar-refractivity contribution in [2.45, 2.75) is 0 Å². The first-order valence-electron chi connectivity index (χ1n) is 4.74. The molecule has 0 aliphatic rings. The zero-order chi connectivity index (χ0) is 14.0. The van der Waals surface area contributed by atoms with Crippen molar-refractivity contribution in [2.24, 2.45) is 0 Å². The summed E-state index contributed by atoms with van der Waals surface area (Å²) in [4.78, 5) is 20.9. The molecule has 8 nitrogen and oxygen atoms in total. The fourth-order valence-electron chi connectivity index (χ4n) is 1.20. The van der Waals surface area contributed by atoms with Gasteiger partial charge in [-0.1, -0.05) is 11.6 Å². The predicted octanol–water partition coefficient (Wildman–Crippen LogP) is 2.46. The second-order valence-electron chi connectivity index (χ2n) is 3.22. The molecule has 19 heavy (non-hydrogen) atoms. The molecule has 2 aromatic rings. The van der Waals surface area contributed by atoms with Crippen molar-refractivity contribution in [3.8, 4) is 11.8 Å². The maximum atomic E-state index is 10.6. The summed E-state index contributed by atoms with van der Waals surface area (Å²) in [5, 5.41) is 10.4. The molecule has 0 fully saturated rings. The molecule has 1 aromatic heterocycles. The summed E-state index contributed by atoms with van der Waals surface area (Å²) in [5.74, 6) is 0.0975. The van der Waals surface area contributed by atoms with E-state index in [0.29, 0.717) is 0 Å². The lowest BCUT2D eigenvalue weighted by Gasteiger charge is -2.04. The first-order valence-corrected chi connectivity index (χ1v) is 5.50. The van der Waals surface area contributed by atoms with E-state index in [9.17, 15) is 10.1 Å². The third-order valence-corrected chi connectivity index (χ3v) is 2.40. The van der Waals surface area contributed by atoms with Gasteiger partial charge in [0.2, 0.25) is 11.2 Å². The molecule has 0 saturated heterocycles. The number of rotatable bonds is 3. The number of nitro groups is 1. The van der Waals surface area contributed by atoms with Crippen LogP contribution in [0, 0.1) is 10.1 Å². The number of hydrogen-bond donors (Lipinski definition) is 1. The Kier molecular flexibility index (Phi) is 3.63. The Labute approximate surface area is 116 Å². The van der Waals surface area contributed by atoms with Crippen molar-refractivity contribution in [1.82, 2.24) is 15.0 Å². The van der Waals surface area contributed by atoms with Gasteiger partial charge in [-0.2, -0.15) is 15.0 Å². The molecule has 0 atom stereocenters. The Morgan fingerprint density at radius 2 is 2.00 bits per heavy atom. The van der Waals surface area contributed by atoms with Gasteiger partial charge in [-0.15, -0.1) is 0 Å². The average Bonchev–Trinajstić information content (AvgIpc) is 2.26. The van der Waals surface area contributed by atoms with E-state index in [1.165, 1.54) is 18.2 Å². The normalized spacial score (nSPS) is 10.2. The highest BCUT2D eigenvalue weighted by atomic mass is 35.5. The molecule has 1 heterocycles. The number of nitrogen functional groups attached to an aromatic ring is 1. The molecule has 2 rings (SSSR count). The molecule has 0 spiro atoms. The molecule has 98 valence electrons. The summed E-state index contributed by atoms with van der Waals surface area (Å²) >= 11 is 11.3. The van der Waals surface area contributed by atoms with E-state index in [-0.39, 0.29) is 33.7 Å². The number of nitro benzene ring substituents is 1. The molecule has 0 bridgehead atoms. The van der Waals surface area contributed by atoms with Crippen LogP contribution in [0.5, 0.6) is 11.8 Å². The van der Waals surface area contributed by atoms with Gasteiger partial charge in [-0.25, -0.2) is 0 Å². The third kappa shape index (κ3) is 3.18. The molecular formula is C9H5Cl2N5O3. The van der Waals surface area contributed by atoms with Crippen LogP contribution in [0.4, 0.5) is 11.6 Å². The van der Waals surface area contributed by atoms with Crippen LogP contribution in [0.25, 0.3) is 0 Å². The van der Waals surface area contributed by atoms with Gasteiger partial charge in [0.15, 0.2) is 0 Å². The second-order valence-corrected chi connectivity index (χ2v) is 3.96. The third-order valence-electron chi connectivity index (χ3n) is 1.93. The maximum absolute atomic E-state index is 10.6. The van der Waals surface area contributed by atoms with Crippen LogP contribution in [-0.4, -0.2) is 19.9 Å². The molecule has 2 N–H and O–H groups in total. The monoisotopic (exact) mass is 301 g/mol. The van der Waals surface area contributed by atoms with E-state index in [0.717, 1.165) is 0 Å². The second kappa shape index (κ2) is 5.21. The maximum Gasteiger partial charge on any atom is 0.328 e. The number of ether oxygens (including phenoxy) is 1. The minimum Gasteiger partial charge on any atom is -0.424 e. The molecule has 1 aromatic carbocycles. The van der Waals surface area contributed by atoms with Gasteiger partial charge in [0.1, 0.15) is 10.8 Å². The van der Waals surface area contributed by atoms with Gasteiger partial charge in [-0.05, 0) is 17.7 Å². The fourth-order valence-corrected chi connectivity index (χ4v) is 1.60. The Bertz CT molecular complexity index is 631.